The molecule has 8 nitrogen and oxygen atoms in total. The minimum absolute atomic E-state index is 0.316. The first-order chi connectivity index (χ1) is 9.44. The molecule has 3 rings (SSSR count). The molecule has 0 saturated carbocycles. The molecule has 0 fully saturated rings. The number of aryl methyl sites for hydroxylation is 1. The summed E-state index contributed by atoms with van der Waals surface area (Å²) in [6, 6.07) is 4.76. The summed E-state index contributed by atoms with van der Waals surface area (Å²) >= 11 is 0. The quantitative estimate of drug-likeness (QED) is 0.699. The second kappa shape index (κ2) is 4.30. The number of aromatic nitrogens is 4. The summed E-state index contributed by atoms with van der Waals surface area (Å²) in [6.45, 7) is 0. The standard InChI is InChI=1S/C11H11N5O3S/c1-16-5-8(14-15-16)6-20(17,18)11-13-9-4-7(12)2-3-10(9)19-11/h2-5H,6,12H2,1H3. The van der Waals surface area contributed by atoms with Gasteiger partial charge < -0.3 is 10.2 Å². The molecule has 0 aliphatic carbocycles. The second-order valence-corrected chi connectivity index (χ2v) is 6.22. The highest BCUT2D eigenvalue weighted by molar-refractivity contribution is 7.90. The van der Waals surface area contributed by atoms with E-state index in [1.165, 1.54) is 10.9 Å². The van der Waals surface area contributed by atoms with Crippen molar-refractivity contribution >= 4 is 26.6 Å². The summed E-state index contributed by atoms with van der Waals surface area (Å²) in [4.78, 5) is 3.96. The molecular weight excluding hydrogens is 282 g/mol. The Labute approximate surface area is 114 Å². The fourth-order valence-corrected chi connectivity index (χ4v) is 2.87. The molecule has 0 bridgehead atoms. The topological polar surface area (TPSA) is 117 Å². The maximum Gasteiger partial charge on any atom is 0.316 e. The molecule has 0 saturated heterocycles. The van der Waals surface area contributed by atoms with Crippen LogP contribution < -0.4 is 5.73 Å². The smallest absolute Gasteiger partial charge is 0.316 e. The van der Waals surface area contributed by atoms with E-state index in [2.05, 4.69) is 15.3 Å². The van der Waals surface area contributed by atoms with E-state index in [9.17, 15) is 8.42 Å². The van der Waals surface area contributed by atoms with Crippen LogP contribution in [0, 0.1) is 0 Å². The lowest BCUT2D eigenvalue weighted by Crippen LogP contribution is -2.05. The fraction of sp³-hybridized carbons (Fsp3) is 0.182. The summed E-state index contributed by atoms with van der Waals surface area (Å²) in [5, 5.41) is 7.08. The average molecular weight is 293 g/mol. The van der Waals surface area contributed by atoms with Gasteiger partial charge in [-0.25, -0.2) is 8.42 Å². The molecule has 0 aliphatic heterocycles. The number of nitrogen functional groups attached to an aromatic ring is 1. The Hall–Kier alpha value is -2.42. The summed E-state index contributed by atoms with van der Waals surface area (Å²) in [5.74, 6) is -0.316. The third-order valence-electron chi connectivity index (χ3n) is 2.65. The van der Waals surface area contributed by atoms with Gasteiger partial charge in [0.2, 0.25) is 9.84 Å². The molecule has 0 radical (unpaired) electrons. The molecule has 3 aromatic rings. The van der Waals surface area contributed by atoms with Crippen molar-refractivity contribution in [3.8, 4) is 0 Å². The van der Waals surface area contributed by atoms with Gasteiger partial charge in [0.15, 0.2) is 5.58 Å². The highest BCUT2D eigenvalue weighted by Crippen LogP contribution is 2.22. The molecule has 2 N–H and O–H groups in total. The van der Waals surface area contributed by atoms with Gasteiger partial charge in [-0.3, -0.25) is 4.68 Å². The van der Waals surface area contributed by atoms with Crippen molar-refractivity contribution in [1.29, 1.82) is 0 Å². The third-order valence-corrected chi connectivity index (χ3v) is 4.03. The molecule has 0 amide bonds. The number of hydrogen-bond acceptors (Lipinski definition) is 7. The van der Waals surface area contributed by atoms with Gasteiger partial charge in [0.25, 0.3) is 0 Å². The van der Waals surface area contributed by atoms with Crippen LogP contribution in [0.15, 0.2) is 34.0 Å². The van der Waals surface area contributed by atoms with Crippen LogP contribution in [0.2, 0.25) is 0 Å². The van der Waals surface area contributed by atoms with Crippen LogP contribution in [-0.4, -0.2) is 28.4 Å². The first-order valence-electron chi connectivity index (χ1n) is 5.68. The fourth-order valence-electron chi connectivity index (χ4n) is 1.77. The molecule has 9 heteroatoms. The lowest BCUT2D eigenvalue weighted by molar-refractivity contribution is 0.458. The Balaban J connectivity index is 2.00. The Bertz CT molecular complexity index is 880. The highest BCUT2D eigenvalue weighted by atomic mass is 32.2. The van der Waals surface area contributed by atoms with E-state index >= 15 is 0 Å². The second-order valence-electron chi connectivity index (χ2n) is 4.35. The number of sulfone groups is 1. The van der Waals surface area contributed by atoms with Gasteiger partial charge in [-0.05, 0) is 18.2 Å². The van der Waals surface area contributed by atoms with E-state index in [0.29, 0.717) is 22.5 Å². The van der Waals surface area contributed by atoms with Crippen LogP contribution in [0.3, 0.4) is 0 Å². The van der Waals surface area contributed by atoms with Crippen molar-refractivity contribution in [2.24, 2.45) is 7.05 Å². The van der Waals surface area contributed by atoms with Gasteiger partial charge in [0.05, 0.1) is 5.69 Å². The number of nitrogens with zero attached hydrogens (tertiary/aromatic N) is 4. The SMILES string of the molecule is Cn1cc(CS(=O)(=O)c2nc3cc(N)ccc3o2)nn1. The molecule has 1 aromatic carbocycles. The van der Waals surface area contributed by atoms with E-state index in [0.717, 1.165) is 0 Å². The number of fused-ring (bicyclic) bond motifs is 1. The van der Waals surface area contributed by atoms with Gasteiger partial charge >= 0.3 is 5.22 Å². The zero-order valence-corrected chi connectivity index (χ0v) is 11.3. The normalized spacial score (nSPS) is 12.1. The number of nitrogens with two attached hydrogens (primary N) is 1. The largest absolute Gasteiger partial charge is 0.428 e. The predicted molar refractivity (Wildman–Crippen MR) is 70.3 cm³/mol. The van der Waals surface area contributed by atoms with E-state index in [1.807, 2.05) is 0 Å². The molecule has 0 aliphatic rings. The summed E-state index contributed by atoms with van der Waals surface area (Å²) in [6.07, 6.45) is 1.53. The minimum Gasteiger partial charge on any atom is -0.428 e. The van der Waals surface area contributed by atoms with Crippen molar-refractivity contribution in [3.63, 3.8) is 0 Å². The van der Waals surface area contributed by atoms with Crippen LogP contribution in [0.5, 0.6) is 0 Å². The maximum atomic E-state index is 12.2. The van der Waals surface area contributed by atoms with Crippen molar-refractivity contribution in [2.75, 3.05) is 5.73 Å². The molecule has 2 aromatic heterocycles. The van der Waals surface area contributed by atoms with Crippen LogP contribution >= 0.6 is 0 Å². The van der Waals surface area contributed by atoms with Gasteiger partial charge in [-0.2, -0.15) is 4.98 Å². The van der Waals surface area contributed by atoms with E-state index in [-0.39, 0.29) is 11.0 Å². The molecule has 0 atom stereocenters. The van der Waals surface area contributed by atoms with E-state index in [4.69, 9.17) is 10.2 Å². The molecule has 104 valence electrons. The minimum atomic E-state index is -3.71. The first-order valence-corrected chi connectivity index (χ1v) is 7.33. The highest BCUT2D eigenvalue weighted by Gasteiger charge is 2.24. The lowest BCUT2D eigenvalue weighted by Gasteiger charge is -1.94. The lowest BCUT2D eigenvalue weighted by atomic mass is 10.3. The van der Waals surface area contributed by atoms with Gasteiger partial charge in [-0.15, -0.1) is 5.10 Å². The molecular formula is C11H11N5O3S. The number of oxazole rings is 1. The predicted octanol–water partition coefficient (Wildman–Crippen LogP) is 0.512. The number of rotatable bonds is 3. The van der Waals surface area contributed by atoms with E-state index in [1.54, 1.807) is 25.2 Å². The number of hydrogen-bond donors (Lipinski definition) is 1. The molecule has 0 unspecified atom stereocenters. The number of anilines is 1. The molecule has 2 heterocycles. The molecule has 0 spiro atoms. The van der Waals surface area contributed by atoms with Crippen LogP contribution in [0.4, 0.5) is 5.69 Å². The summed E-state index contributed by atoms with van der Waals surface area (Å²) in [7, 11) is -2.05. The first kappa shape index (κ1) is 12.6. The number of benzene rings is 1. The van der Waals surface area contributed by atoms with Crippen LogP contribution in [0.25, 0.3) is 11.1 Å². The zero-order valence-electron chi connectivity index (χ0n) is 10.5. The Morgan fingerprint density at radius 1 is 1.40 bits per heavy atom. The maximum absolute atomic E-state index is 12.2. The van der Waals surface area contributed by atoms with E-state index < -0.39 is 9.84 Å². The summed E-state index contributed by atoms with van der Waals surface area (Å²) < 4.78 is 31.1. The summed E-state index contributed by atoms with van der Waals surface area (Å²) in [5.41, 5.74) is 7.21. The van der Waals surface area contributed by atoms with Crippen molar-refractivity contribution in [3.05, 3.63) is 30.1 Å². The third kappa shape index (κ3) is 2.23. The Morgan fingerprint density at radius 2 is 2.20 bits per heavy atom. The van der Waals surface area contributed by atoms with Crippen LogP contribution in [0.1, 0.15) is 5.69 Å². The van der Waals surface area contributed by atoms with Crippen molar-refractivity contribution in [2.45, 2.75) is 11.0 Å². The van der Waals surface area contributed by atoms with Gasteiger partial charge in [0, 0.05) is 18.9 Å². The Kier molecular flexibility index (Phi) is 2.71. The van der Waals surface area contributed by atoms with Crippen LogP contribution in [-0.2, 0) is 22.6 Å². The van der Waals surface area contributed by atoms with Gasteiger partial charge in [-0.1, -0.05) is 5.21 Å². The Morgan fingerprint density at radius 3 is 2.90 bits per heavy atom. The van der Waals surface area contributed by atoms with Crippen molar-refractivity contribution in [1.82, 2.24) is 20.0 Å². The molecule has 20 heavy (non-hydrogen) atoms. The van der Waals surface area contributed by atoms with Crippen molar-refractivity contribution < 1.29 is 12.8 Å². The average Bonchev–Trinajstić information content (AvgIpc) is 2.95. The monoisotopic (exact) mass is 293 g/mol. The zero-order chi connectivity index (χ0) is 14.3. The van der Waals surface area contributed by atoms with Gasteiger partial charge in [0.1, 0.15) is 11.3 Å².